The number of sulfonamides is 1. The van der Waals surface area contributed by atoms with Crippen LogP contribution in [0.5, 0.6) is 5.75 Å². The Labute approximate surface area is 192 Å². The molecule has 7 nitrogen and oxygen atoms in total. The van der Waals surface area contributed by atoms with E-state index in [0.717, 1.165) is 44.7 Å². The van der Waals surface area contributed by atoms with Crippen molar-refractivity contribution in [3.8, 4) is 5.75 Å². The van der Waals surface area contributed by atoms with E-state index in [1.165, 1.54) is 16.8 Å². The van der Waals surface area contributed by atoms with Crippen LogP contribution in [0.1, 0.15) is 22.7 Å². The second-order valence-electron chi connectivity index (χ2n) is 8.90. The highest BCUT2D eigenvalue weighted by Gasteiger charge is 2.27. The number of methoxy groups -OCH3 is 1. The van der Waals surface area contributed by atoms with E-state index in [0.29, 0.717) is 12.3 Å². The molecule has 1 fully saturated rings. The molecule has 32 heavy (non-hydrogen) atoms. The first kappa shape index (κ1) is 23.0. The van der Waals surface area contributed by atoms with E-state index in [4.69, 9.17) is 4.74 Å². The molecule has 174 valence electrons. The average molecular weight is 459 g/mol. The smallest absolute Gasteiger partial charge is 0.240 e. The third-order valence-electron chi connectivity index (χ3n) is 6.74. The Morgan fingerprint density at radius 3 is 2.47 bits per heavy atom. The van der Waals surface area contributed by atoms with Gasteiger partial charge in [0, 0.05) is 58.0 Å². The number of ether oxygens (including phenoxy) is 1. The molecule has 2 aliphatic rings. The predicted octanol–water partition coefficient (Wildman–Crippen LogP) is 2.26. The number of nitrogens with zero attached hydrogens (tertiary/aromatic N) is 3. The van der Waals surface area contributed by atoms with E-state index in [2.05, 4.69) is 51.7 Å². The minimum absolute atomic E-state index is 0.00553. The summed E-state index contributed by atoms with van der Waals surface area (Å²) in [6.45, 7) is 7.02. The highest BCUT2D eigenvalue weighted by Crippen LogP contribution is 2.31. The molecule has 0 unspecified atom stereocenters. The Morgan fingerprint density at radius 2 is 1.78 bits per heavy atom. The number of rotatable bonds is 7. The number of nitrogens with one attached hydrogen (secondary N) is 1. The van der Waals surface area contributed by atoms with Crippen LogP contribution in [0.4, 0.5) is 5.69 Å². The van der Waals surface area contributed by atoms with Gasteiger partial charge in [0.15, 0.2) is 0 Å². The van der Waals surface area contributed by atoms with Crippen molar-refractivity contribution in [1.29, 1.82) is 0 Å². The first-order chi connectivity index (χ1) is 15.3. The topological polar surface area (TPSA) is 65.1 Å². The van der Waals surface area contributed by atoms with Crippen LogP contribution in [0.3, 0.4) is 0 Å². The Bertz CT molecular complexity index is 1060. The SMILES string of the molecule is COc1ccc(S(=O)(=O)NC[C@@H](c2ccc3c(c2)CCN3C)N2CCN(C)CC2)cc1C. The van der Waals surface area contributed by atoms with Crippen molar-refractivity contribution >= 4 is 15.7 Å². The second-order valence-corrected chi connectivity index (χ2v) is 10.7. The third-order valence-corrected chi connectivity index (χ3v) is 8.16. The quantitative estimate of drug-likeness (QED) is 0.687. The molecule has 2 aromatic rings. The molecule has 0 aromatic heterocycles. The number of hydrogen-bond donors (Lipinski definition) is 1. The first-order valence-corrected chi connectivity index (χ1v) is 12.7. The fraction of sp³-hybridized carbons (Fsp3) is 0.500. The maximum atomic E-state index is 13.1. The van der Waals surface area contributed by atoms with E-state index >= 15 is 0 Å². The Balaban J connectivity index is 1.57. The molecule has 0 aliphatic carbocycles. The summed E-state index contributed by atoms with van der Waals surface area (Å²) >= 11 is 0. The Morgan fingerprint density at radius 1 is 1.03 bits per heavy atom. The van der Waals surface area contributed by atoms with Crippen LogP contribution in [0.25, 0.3) is 0 Å². The average Bonchev–Trinajstić information content (AvgIpc) is 3.15. The number of anilines is 1. The zero-order chi connectivity index (χ0) is 22.9. The van der Waals surface area contributed by atoms with Gasteiger partial charge in [-0.15, -0.1) is 0 Å². The number of hydrogen-bond acceptors (Lipinski definition) is 6. The van der Waals surface area contributed by atoms with Gasteiger partial charge in [-0.25, -0.2) is 13.1 Å². The van der Waals surface area contributed by atoms with Gasteiger partial charge in [-0.05, 0) is 61.3 Å². The number of fused-ring (bicyclic) bond motifs is 1. The lowest BCUT2D eigenvalue weighted by atomic mass is 10.0. The van der Waals surface area contributed by atoms with Crippen molar-refractivity contribution in [3.05, 3.63) is 53.1 Å². The zero-order valence-corrected chi connectivity index (χ0v) is 20.3. The van der Waals surface area contributed by atoms with Crippen LogP contribution in [0.15, 0.2) is 41.3 Å². The van der Waals surface area contributed by atoms with E-state index in [1.54, 1.807) is 25.3 Å². The van der Waals surface area contributed by atoms with E-state index < -0.39 is 10.0 Å². The molecule has 2 heterocycles. The van der Waals surface area contributed by atoms with Crippen LogP contribution in [-0.2, 0) is 16.4 Å². The predicted molar refractivity (Wildman–Crippen MR) is 128 cm³/mol. The maximum Gasteiger partial charge on any atom is 0.240 e. The molecule has 0 radical (unpaired) electrons. The summed E-state index contributed by atoms with van der Waals surface area (Å²) in [5, 5.41) is 0. The standard InChI is InChI=1S/C24H34N4O3S/c1-18-15-21(6-8-24(18)31-4)32(29,30)25-17-23(28-13-11-26(2)12-14-28)19-5-7-22-20(16-19)9-10-27(22)3/h5-8,15-16,23,25H,9-14,17H2,1-4H3/t23-/m0/s1. The van der Waals surface area contributed by atoms with Crippen LogP contribution in [0.2, 0.25) is 0 Å². The summed E-state index contributed by atoms with van der Waals surface area (Å²) < 4.78 is 34.4. The lowest BCUT2D eigenvalue weighted by Crippen LogP contribution is -2.48. The summed E-state index contributed by atoms with van der Waals surface area (Å²) in [6, 6.07) is 11.6. The number of likely N-dealkylation sites (N-methyl/N-ethyl adjacent to an activating group) is 2. The molecule has 1 saturated heterocycles. The minimum Gasteiger partial charge on any atom is -0.496 e. The molecular weight excluding hydrogens is 424 g/mol. The number of benzene rings is 2. The molecule has 2 aromatic carbocycles. The van der Waals surface area contributed by atoms with Crippen LogP contribution in [-0.4, -0.2) is 78.7 Å². The molecular formula is C24H34N4O3S. The molecule has 2 aliphatic heterocycles. The molecule has 0 saturated carbocycles. The lowest BCUT2D eigenvalue weighted by Gasteiger charge is -2.38. The number of aryl methyl sites for hydroxylation is 1. The van der Waals surface area contributed by atoms with Gasteiger partial charge in [0.1, 0.15) is 5.75 Å². The van der Waals surface area contributed by atoms with E-state index in [-0.39, 0.29) is 10.9 Å². The van der Waals surface area contributed by atoms with Gasteiger partial charge < -0.3 is 14.5 Å². The summed E-state index contributed by atoms with van der Waals surface area (Å²) in [7, 11) is 2.21. The number of piperazine rings is 1. The highest BCUT2D eigenvalue weighted by molar-refractivity contribution is 7.89. The maximum absolute atomic E-state index is 13.1. The summed E-state index contributed by atoms with van der Waals surface area (Å²) in [4.78, 5) is 7.26. The Kier molecular flexibility index (Phi) is 6.76. The van der Waals surface area contributed by atoms with Crippen LogP contribution < -0.4 is 14.4 Å². The first-order valence-electron chi connectivity index (χ1n) is 11.2. The van der Waals surface area contributed by atoms with Gasteiger partial charge in [0.05, 0.1) is 12.0 Å². The van der Waals surface area contributed by atoms with E-state index in [9.17, 15) is 8.42 Å². The fourth-order valence-electron chi connectivity index (χ4n) is 4.68. The lowest BCUT2D eigenvalue weighted by molar-refractivity contribution is 0.113. The van der Waals surface area contributed by atoms with Crippen LogP contribution in [0, 0.1) is 6.92 Å². The van der Waals surface area contributed by atoms with Crippen molar-refractivity contribution in [3.63, 3.8) is 0 Å². The molecule has 1 N–H and O–H groups in total. The molecule has 0 amide bonds. The molecule has 0 bridgehead atoms. The molecule has 8 heteroatoms. The van der Waals surface area contributed by atoms with Gasteiger partial charge in [-0.2, -0.15) is 0 Å². The van der Waals surface area contributed by atoms with Crippen molar-refractivity contribution in [1.82, 2.24) is 14.5 Å². The van der Waals surface area contributed by atoms with Gasteiger partial charge in [-0.1, -0.05) is 12.1 Å². The molecule has 1 atom stereocenters. The summed E-state index contributed by atoms with van der Waals surface area (Å²) in [5.41, 5.74) is 4.60. The zero-order valence-electron chi connectivity index (χ0n) is 19.5. The fourth-order valence-corrected chi connectivity index (χ4v) is 5.80. The Hall–Kier alpha value is -2.13. The van der Waals surface area contributed by atoms with Crippen LogP contribution >= 0.6 is 0 Å². The molecule has 0 spiro atoms. The van der Waals surface area contributed by atoms with Crippen molar-refractivity contribution in [2.24, 2.45) is 0 Å². The monoisotopic (exact) mass is 458 g/mol. The van der Waals surface area contributed by atoms with E-state index in [1.807, 2.05) is 6.92 Å². The second kappa shape index (κ2) is 9.39. The summed E-state index contributed by atoms with van der Waals surface area (Å²) in [6.07, 6.45) is 1.03. The molecule has 4 rings (SSSR count). The van der Waals surface area contributed by atoms with Gasteiger partial charge in [0.2, 0.25) is 10.0 Å². The summed E-state index contributed by atoms with van der Waals surface area (Å²) in [5.74, 6) is 0.683. The van der Waals surface area contributed by atoms with Gasteiger partial charge in [-0.3, -0.25) is 4.90 Å². The highest BCUT2D eigenvalue weighted by atomic mass is 32.2. The van der Waals surface area contributed by atoms with Crippen molar-refractivity contribution in [2.45, 2.75) is 24.3 Å². The third kappa shape index (κ3) is 4.78. The normalized spacial score (nSPS) is 18.6. The minimum atomic E-state index is -3.63. The van der Waals surface area contributed by atoms with Crippen molar-refractivity contribution in [2.75, 3.05) is 65.4 Å². The largest absolute Gasteiger partial charge is 0.496 e. The van der Waals surface area contributed by atoms with Gasteiger partial charge >= 0.3 is 0 Å². The van der Waals surface area contributed by atoms with Crippen molar-refractivity contribution < 1.29 is 13.2 Å². The van der Waals surface area contributed by atoms with Gasteiger partial charge in [0.25, 0.3) is 0 Å².